The van der Waals surface area contributed by atoms with Crippen LogP contribution in [0.1, 0.15) is 22.6 Å². The van der Waals surface area contributed by atoms with Gasteiger partial charge in [-0.1, -0.05) is 22.8 Å². The van der Waals surface area contributed by atoms with Crippen molar-refractivity contribution in [2.45, 2.75) is 20.5 Å². The molecule has 2 aromatic carbocycles. The van der Waals surface area contributed by atoms with Crippen LogP contribution in [0.3, 0.4) is 0 Å². The number of methoxy groups -OCH3 is 1. The number of carbonyl (C=O) groups is 1. The summed E-state index contributed by atoms with van der Waals surface area (Å²) in [7, 11) is 1.54. The number of halogens is 2. The predicted molar refractivity (Wildman–Crippen MR) is 112 cm³/mol. The van der Waals surface area contributed by atoms with E-state index in [-0.39, 0.29) is 10.9 Å². The number of hydrogen-bond acceptors (Lipinski definition) is 5. The molecule has 0 atom stereocenters. The lowest BCUT2D eigenvalue weighted by atomic mass is 10.1. The summed E-state index contributed by atoms with van der Waals surface area (Å²) in [5.74, 6) is 0.860. The van der Waals surface area contributed by atoms with E-state index in [0.717, 1.165) is 16.8 Å². The molecule has 3 aromatic rings. The number of amides is 1. The Morgan fingerprint density at radius 2 is 2.03 bits per heavy atom. The van der Waals surface area contributed by atoms with Gasteiger partial charge in [-0.3, -0.25) is 4.79 Å². The summed E-state index contributed by atoms with van der Waals surface area (Å²) in [6.07, 6.45) is 2.98. The van der Waals surface area contributed by atoms with Crippen molar-refractivity contribution in [3.63, 3.8) is 0 Å². The highest BCUT2D eigenvalue weighted by atomic mass is 35.5. The van der Waals surface area contributed by atoms with Crippen molar-refractivity contribution in [1.82, 2.24) is 5.16 Å². The quantitative estimate of drug-likeness (QED) is 0.513. The zero-order valence-electron chi connectivity index (χ0n) is 16.7. The number of rotatable bonds is 7. The van der Waals surface area contributed by atoms with E-state index < -0.39 is 5.82 Å². The molecule has 30 heavy (non-hydrogen) atoms. The SMILES string of the molecule is COc1cc(/C=C/C(=O)Nc2ccc(F)c(Cl)c2)ccc1OCc1c(C)noc1C. The van der Waals surface area contributed by atoms with Crippen LogP contribution in [0.15, 0.2) is 47.0 Å². The van der Waals surface area contributed by atoms with E-state index >= 15 is 0 Å². The molecule has 1 aromatic heterocycles. The predicted octanol–water partition coefficient (Wildman–Crippen LogP) is 5.32. The van der Waals surface area contributed by atoms with Crippen LogP contribution < -0.4 is 14.8 Å². The molecule has 0 radical (unpaired) electrons. The van der Waals surface area contributed by atoms with Gasteiger partial charge in [0.2, 0.25) is 5.91 Å². The fraction of sp³-hybridized carbons (Fsp3) is 0.182. The van der Waals surface area contributed by atoms with E-state index in [1.54, 1.807) is 24.3 Å². The van der Waals surface area contributed by atoms with Gasteiger partial charge in [0.1, 0.15) is 18.2 Å². The summed E-state index contributed by atoms with van der Waals surface area (Å²) < 4.78 is 29.6. The topological polar surface area (TPSA) is 73.6 Å². The number of aromatic nitrogens is 1. The Kier molecular flexibility index (Phi) is 6.74. The summed E-state index contributed by atoms with van der Waals surface area (Å²) in [4.78, 5) is 12.1. The standard InChI is InChI=1S/C22H20ClFN2O4/c1-13-17(14(2)30-26-13)12-29-20-8-4-15(10-21(20)28-3)5-9-22(27)25-16-6-7-19(24)18(23)11-16/h4-11H,12H2,1-3H3,(H,25,27)/b9-5+. The Hall–Kier alpha value is -3.32. The van der Waals surface area contributed by atoms with Gasteiger partial charge in [0.25, 0.3) is 0 Å². The van der Waals surface area contributed by atoms with Crippen LogP contribution in [0, 0.1) is 19.7 Å². The normalized spacial score (nSPS) is 11.0. The molecular weight excluding hydrogens is 411 g/mol. The van der Waals surface area contributed by atoms with Gasteiger partial charge in [-0.05, 0) is 55.8 Å². The van der Waals surface area contributed by atoms with Gasteiger partial charge < -0.3 is 19.3 Å². The fourth-order valence-corrected chi connectivity index (χ4v) is 2.88. The molecular formula is C22H20ClFN2O4. The number of nitrogens with one attached hydrogen (secondary N) is 1. The molecule has 1 N–H and O–H groups in total. The van der Waals surface area contributed by atoms with E-state index in [0.29, 0.717) is 29.6 Å². The Balaban J connectivity index is 1.66. The average Bonchev–Trinajstić information content (AvgIpc) is 3.05. The first-order valence-electron chi connectivity index (χ1n) is 9.04. The van der Waals surface area contributed by atoms with E-state index in [9.17, 15) is 9.18 Å². The third kappa shape index (κ3) is 5.18. The average molecular weight is 431 g/mol. The molecule has 156 valence electrons. The first kappa shape index (κ1) is 21.4. The number of carbonyl (C=O) groups excluding carboxylic acids is 1. The van der Waals surface area contributed by atoms with Gasteiger partial charge in [-0.2, -0.15) is 0 Å². The molecule has 0 saturated heterocycles. The second kappa shape index (κ2) is 9.45. The maximum Gasteiger partial charge on any atom is 0.248 e. The number of nitrogens with zero attached hydrogens (tertiary/aromatic N) is 1. The highest BCUT2D eigenvalue weighted by Crippen LogP contribution is 2.30. The molecule has 0 saturated carbocycles. The fourth-order valence-electron chi connectivity index (χ4n) is 2.69. The van der Waals surface area contributed by atoms with Crippen molar-refractivity contribution in [2.24, 2.45) is 0 Å². The maximum absolute atomic E-state index is 13.2. The molecule has 0 aliphatic heterocycles. The lowest BCUT2D eigenvalue weighted by Gasteiger charge is -2.11. The summed E-state index contributed by atoms with van der Waals surface area (Å²) in [6, 6.07) is 9.27. The molecule has 0 fully saturated rings. The van der Waals surface area contributed by atoms with Crippen LogP contribution in [-0.4, -0.2) is 18.2 Å². The summed E-state index contributed by atoms with van der Waals surface area (Å²) >= 11 is 5.72. The number of benzene rings is 2. The molecule has 0 aliphatic carbocycles. The Morgan fingerprint density at radius 3 is 2.70 bits per heavy atom. The molecule has 1 heterocycles. The van der Waals surface area contributed by atoms with Crippen LogP contribution in [0.2, 0.25) is 5.02 Å². The maximum atomic E-state index is 13.2. The van der Waals surface area contributed by atoms with Crippen molar-refractivity contribution < 1.29 is 23.2 Å². The van der Waals surface area contributed by atoms with Crippen molar-refractivity contribution in [2.75, 3.05) is 12.4 Å². The van der Waals surface area contributed by atoms with Gasteiger partial charge in [-0.25, -0.2) is 4.39 Å². The minimum absolute atomic E-state index is 0.0614. The highest BCUT2D eigenvalue weighted by Gasteiger charge is 2.12. The largest absolute Gasteiger partial charge is 0.493 e. The van der Waals surface area contributed by atoms with Crippen LogP contribution in [0.5, 0.6) is 11.5 Å². The van der Waals surface area contributed by atoms with Gasteiger partial charge in [-0.15, -0.1) is 0 Å². The van der Waals surface area contributed by atoms with Crippen molar-refractivity contribution in [1.29, 1.82) is 0 Å². The third-order valence-electron chi connectivity index (χ3n) is 4.36. The number of aryl methyl sites for hydroxylation is 2. The Morgan fingerprint density at radius 1 is 1.23 bits per heavy atom. The van der Waals surface area contributed by atoms with Crippen LogP contribution >= 0.6 is 11.6 Å². The zero-order valence-corrected chi connectivity index (χ0v) is 17.4. The van der Waals surface area contributed by atoms with Crippen LogP contribution in [0.4, 0.5) is 10.1 Å². The lowest BCUT2D eigenvalue weighted by molar-refractivity contribution is -0.111. The van der Waals surface area contributed by atoms with E-state index in [1.165, 1.54) is 31.4 Å². The molecule has 0 aliphatic rings. The molecule has 0 spiro atoms. The Labute approximate surface area is 178 Å². The molecule has 8 heteroatoms. The minimum atomic E-state index is -0.547. The Bertz CT molecular complexity index is 1080. The third-order valence-corrected chi connectivity index (χ3v) is 4.64. The van der Waals surface area contributed by atoms with Crippen molar-refractivity contribution in [3.8, 4) is 11.5 Å². The monoisotopic (exact) mass is 430 g/mol. The lowest BCUT2D eigenvalue weighted by Crippen LogP contribution is -2.07. The number of anilines is 1. The molecule has 1 amide bonds. The molecule has 3 rings (SSSR count). The summed E-state index contributed by atoms with van der Waals surface area (Å²) in [5.41, 5.74) is 2.80. The smallest absolute Gasteiger partial charge is 0.248 e. The molecule has 0 bridgehead atoms. The number of hydrogen-bond donors (Lipinski definition) is 1. The van der Waals surface area contributed by atoms with E-state index in [1.807, 2.05) is 13.8 Å². The van der Waals surface area contributed by atoms with Crippen molar-refractivity contribution >= 4 is 29.3 Å². The van der Waals surface area contributed by atoms with Gasteiger partial charge in [0, 0.05) is 11.8 Å². The summed E-state index contributed by atoms with van der Waals surface area (Å²) in [5, 5.41) is 6.46. The first-order valence-corrected chi connectivity index (χ1v) is 9.42. The van der Waals surface area contributed by atoms with E-state index in [4.69, 9.17) is 25.6 Å². The number of ether oxygens (including phenoxy) is 2. The van der Waals surface area contributed by atoms with Crippen LogP contribution in [-0.2, 0) is 11.4 Å². The second-order valence-electron chi connectivity index (χ2n) is 6.45. The van der Waals surface area contributed by atoms with Crippen molar-refractivity contribution in [3.05, 3.63) is 75.9 Å². The second-order valence-corrected chi connectivity index (χ2v) is 6.86. The summed E-state index contributed by atoms with van der Waals surface area (Å²) in [6.45, 7) is 3.98. The van der Waals surface area contributed by atoms with Gasteiger partial charge >= 0.3 is 0 Å². The zero-order chi connectivity index (χ0) is 21.7. The van der Waals surface area contributed by atoms with Gasteiger partial charge in [0.15, 0.2) is 11.5 Å². The minimum Gasteiger partial charge on any atom is -0.493 e. The van der Waals surface area contributed by atoms with E-state index in [2.05, 4.69) is 10.5 Å². The highest BCUT2D eigenvalue weighted by molar-refractivity contribution is 6.31. The molecule has 6 nitrogen and oxygen atoms in total. The molecule has 0 unspecified atom stereocenters. The first-order chi connectivity index (χ1) is 14.4. The van der Waals surface area contributed by atoms with Crippen LogP contribution in [0.25, 0.3) is 6.08 Å². The van der Waals surface area contributed by atoms with Gasteiger partial charge in [0.05, 0.1) is 23.4 Å².